The van der Waals surface area contributed by atoms with Gasteiger partial charge in [0.25, 0.3) is 0 Å². The Morgan fingerprint density at radius 3 is 2.44 bits per heavy atom. The summed E-state index contributed by atoms with van der Waals surface area (Å²) in [5.74, 6) is -0.0231. The Kier molecular flexibility index (Phi) is 7.27. The molecule has 3 N–H and O–H groups in total. The first-order valence-corrected chi connectivity index (χ1v) is 6.92. The molecule has 0 aliphatic carbocycles. The lowest BCUT2D eigenvalue weighted by Crippen LogP contribution is -2.31. The van der Waals surface area contributed by atoms with E-state index in [1.807, 2.05) is 0 Å². The summed E-state index contributed by atoms with van der Waals surface area (Å²) in [6.07, 6.45) is 1.42. The van der Waals surface area contributed by atoms with E-state index in [9.17, 15) is 13.2 Å². The maximum absolute atomic E-state index is 11.4. The van der Waals surface area contributed by atoms with Gasteiger partial charge in [0.15, 0.2) is 0 Å². The van der Waals surface area contributed by atoms with E-state index in [0.29, 0.717) is 19.4 Å². The summed E-state index contributed by atoms with van der Waals surface area (Å²) in [4.78, 5) is 12.6. The largest absolute Gasteiger partial charge is 0.349 e. The summed E-state index contributed by atoms with van der Waals surface area (Å²) in [7, 11) is 0.0225. The normalized spacial score (nSPS) is 11.4. The quantitative estimate of drug-likeness (QED) is 0.548. The van der Waals surface area contributed by atoms with Crippen LogP contribution in [0.1, 0.15) is 19.3 Å². The molecule has 7 heteroatoms. The lowest BCUT2D eigenvalue weighted by Gasteiger charge is -2.10. The van der Waals surface area contributed by atoms with Gasteiger partial charge in [0.05, 0.1) is 5.75 Å². The van der Waals surface area contributed by atoms with Gasteiger partial charge in [-0.05, 0) is 19.4 Å². The number of hydrogen-bond acceptors (Lipinski definition) is 4. The van der Waals surface area contributed by atoms with E-state index >= 15 is 0 Å². The van der Waals surface area contributed by atoms with E-state index in [2.05, 4.69) is 4.72 Å². The van der Waals surface area contributed by atoms with Gasteiger partial charge < -0.3 is 10.6 Å². The average Bonchev–Trinajstić information content (AvgIpc) is 2.17. The first kappa shape index (κ1) is 15.3. The Bertz CT molecular complexity index is 301. The van der Waals surface area contributed by atoms with Crippen LogP contribution < -0.4 is 10.5 Å². The van der Waals surface area contributed by atoms with Crippen molar-refractivity contribution in [3.05, 3.63) is 0 Å². The molecule has 0 aliphatic heterocycles. The molecule has 1 amide bonds. The zero-order valence-electron chi connectivity index (χ0n) is 9.90. The Balaban J connectivity index is 3.78. The maximum atomic E-state index is 11.4. The standard InChI is InChI=1S/C9H21N3O3S/c1-12(2)9(13)5-7-11-16(14,15)8-4-3-6-10/h11H,3-8,10H2,1-2H3. The second kappa shape index (κ2) is 7.59. The molecule has 0 aromatic heterocycles. The van der Waals surface area contributed by atoms with Crippen molar-refractivity contribution in [1.82, 2.24) is 9.62 Å². The molecule has 0 saturated heterocycles. The van der Waals surface area contributed by atoms with Gasteiger partial charge in [-0.15, -0.1) is 0 Å². The lowest BCUT2D eigenvalue weighted by molar-refractivity contribution is -0.128. The van der Waals surface area contributed by atoms with Crippen molar-refractivity contribution in [3.8, 4) is 0 Å². The Hall–Kier alpha value is -0.660. The smallest absolute Gasteiger partial charge is 0.223 e. The molecule has 6 nitrogen and oxygen atoms in total. The van der Waals surface area contributed by atoms with Gasteiger partial charge in [0.2, 0.25) is 15.9 Å². The fourth-order valence-electron chi connectivity index (χ4n) is 1.05. The fraction of sp³-hybridized carbons (Fsp3) is 0.889. The average molecular weight is 251 g/mol. The number of unbranched alkanes of at least 4 members (excludes halogenated alkanes) is 1. The first-order chi connectivity index (χ1) is 7.39. The van der Waals surface area contributed by atoms with Crippen LogP contribution >= 0.6 is 0 Å². The van der Waals surface area contributed by atoms with E-state index in [0.717, 1.165) is 0 Å². The minimum atomic E-state index is -3.25. The summed E-state index contributed by atoms with van der Waals surface area (Å²) in [6.45, 7) is 0.649. The number of rotatable bonds is 8. The van der Waals surface area contributed by atoms with E-state index in [4.69, 9.17) is 5.73 Å². The van der Waals surface area contributed by atoms with Crippen LogP contribution in [0, 0.1) is 0 Å². The number of hydrogen-bond donors (Lipinski definition) is 2. The SMILES string of the molecule is CN(C)C(=O)CCNS(=O)(=O)CCCCN. The molecular formula is C9H21N3O3S. The van der Waals surface area contributed by atoms with E-state index in [-0.39, 0.29) is 24.6 Å². The van der Waals surface area contributed by atoms with Crippen molar-refractivity contribution >= 4 is 15.9 Å². The van der Waals surface area contributed by atoms with Crippen molar-refractivity contribution in [1.29, 1.82) is 0 Å². The van der Waals surface area contributed by atoms with Crippen molar-refractivity contribution < 1.29 is 13.2 Å². The topological polar surface area (TPSA) is 92.5 Å². The first-order valence-electron chi connectivity index (χ1n) is 5.26. The summed E-state index contributed by atoms with van der Waals surface area (Å²) in [6, 6.07) is 0. The molecule has 0 aliphatic rings. The van der Waals surface area contributed by atoms with Gasteiger partial charge in [-0.3, -0.25) is 4.79 Å². The maximum Gasteiger partial charge on any atom is 0.223 e. The molecule has 0 rings (SSSR count). The molecule has 0 aromatic carbocycles. The molecule has 16 heavy (non-hydrogen) atoms. The zero-order chi connectivity index (χ0) is 12.6. The number of nitrogens with one attached hydrogen (secondary N) is 1. The van der Waals surface area contributed by atoms with Crippen LogP contribution in [0.25, 0.3) is 0 Å². The third-order valence-corrected chi connectivity index (χ3v) is 3.50. The van der Waals surface area contributed by atoms with Gasteiger partial charge >= 0.3 is 0 Å². The van der Waals surface area contributed by atoms with Crippen molar-refractivity contribution in [2.75, 3.05) is 32.9 Å². The van der Waals surface area contributed by atoms with Crippen LogP contribution in [0.15, 0.2) is 0 Å². The second-order valence-corrected chi connectivity index (χ2v) is 5.67. The zero-order valence-corrected chi connectivity index (χ0v) is 10.7. The Labute approximate surface area is 97.2 Å². The van der Waals surface area contributed by atoms with E-state index in [1.165, 1.54) is 4.90 Å². The highest BCUT2D eigenvalue weighted by Gasteiger charge is 2.10. The molecule has 0 unspecified atom stereocenters. The minimum Gasteiger partial charge on any atom is -0.349 e. The molecule has 0 heterocycles. The fourth-order valence-corrected chi connectivity index (χ4v) is 2.19. The molecule has 0 spiro atoms. The van der Waals surface area contributed by atoms with Gasteiger partial charge in [-0.25, -0.2) is 13.1 Å². The number of nitrogens with zero attached hydrogens (tertiary/aromatic N) is 1. The molecule has 0 radical (unpaired) electrons. The summed E-state index contributed by atoms with van der Waals surface area (Å²) >= 11 is 0. The molecular weight excluding hydrogens is 230 g/mol. The third-order valence-electron chi connectivity index (χ3n) is 2.03. The Morgan fingerprint density at radius 1 is 1.31 bits per heavy atom. The number of carbonyl (C=O) groups excluding carboxylic acids is 1. The van der Waals surface area contributed by atoms with Crippen molar-refractivity contribution in [2.24, 2.45) is 5.73 Å². The van der Waals surface area contributed by atoms with Gasteiger partial charge in [-0.2, -0.15) is 0 Å². The highest BCUT2D eigenvalue weighted by Crippen LogP contribution is 1.94. The van der Waals surface area contributed by atoms with Crippen molar-refractivity contribution in [3.63, 3.8) is 0 Å². The summed E-state index contributed by atoms with van der Waals surface area (Å²) in [5, 5.41) is 0. The summed E-state index contributed by atoms with van der Waals surface area (Å²) < 4.78 is 25.1. The highest BCUT2D eigenvalue weighted by molar-refractivity contribution is 7.89. The monoisotopic (exact) mass is 251 g/mol. The van der Waals surface area contributed by atoms with Gasteiger partial charge in [0, 0.05) is 27.1 Å². The van der Waals surface area contributed by atoms with E-state index in [1.54, 1.807) is 14.1 Å². The highest BCUT2D eigenvalue weighted by atomic mass is 32.2. The van der Waals surface area contributed by atoms with Crippen LogP contribution in [-0.2, 0) is 14.8 Å². The molecule has 0 bridgehead atoms. The van der Waals surface area contributed by atoms with Crippen LogP contribution in [0.5, 0.6) is 0 Å². The predicted molar refractivity (Wildman–Crippen MR) is 63.4 cm³/mol. The molecule has 0 aromatic rings. The number of nitrogens with two attached hydrogens (primary N) is 1. The number of carbonyl (C=O) groups is 1. The minimum absolute atomic E-state index is 0.0698. The van der Waals surface area contributed by atoms with Crippen LogP contribution in [-0.4, -0.2) is 52.2 Å². The predicted octanol–water partition coefficient (Wildman–Crippen LogP) is -0.877. The molecule has 0 fully saturated rings. The number of sulfonamides is 1. The van der Waals surface area contributed by atoms with Gasteiger partial charge in [-0.1, -0.05) is 0 Å². The van der Waals surface area contributed by atoms with Crippen LogP contribution in [0.3, 0.4) is 0 Å². The summed E-state index contributed by atoms with van der Waals surface area (Å²) in [5.41, 5.74) is 5.27. The third kappa shape index (κ3) is 7.61. The molecule has 96 valence electrons. The van der Waals surface area contributed by atoms with Crippen LogP contribution in [0.2, 0.25) is 0 Å². The number of amides is 1. The Morgan fingerprint density at radius 2 is 1.94 bits per heavy atom. The molecule has 0 saturated carbocycles. The van der Waals surface area contributed by atoms with Gasteiger partial charge in [0.1, 0.15) is 0 Å². The van der Waals surface area contributed by atoms with Crippen LogP contribution in [0.4, 0.5) is 0 Å². The molecule has 0 atom stereocenters. The van der Waals surface area contributed by atoms with E-state index < -0.39 is 10.0 Å². The van der Waals surface area contributed by atoms with Crippen molar-refractivity contribution in [2.45, 2.75) is 19.3 Å². The second-order valence-electron chi connectivity index (χ2n) is 3.75. The lowest BCUT2D eigenvalue weighted by atomic mass is 10.3.